The maximum atomic E-state index is 13.0. The van der Waals surface area contributed by atoms with Crippen molar-refractivity contribution in [2.75, 3.05) is 0 Å². The van der Waals surface area contributed by atoms with Crippen LogP contribution in [-0.4, -0.2) is 23.7 Å². The summed E-state index contributed by atoms with van der Waals surface area (Å²) in [5.41, 5.74) is 0.483. The average Bonchev–Trinajstić information content (AvgIpc) is 3.29. The molecule has 0 N–H and O–H groups in total. The molecule has 0 fully saturated rings. The number of hydrogen-bond acceptors (Lipinski definition) is 6. The van der Waals surface area contributed by atoms with Crippen LogP contribution in [0.4, 0.5) is 4.39 Å². The van der Waals surface area contributed by atoms with Crippen molar-refractivity contribution in [3.8, 4) is 5.75 Å². The van der Waals surface area contributed by atoms with E-state index in [0.29, 0.717) is 22.7 Å². The largest absolute Gasteiger partial charge is 0.486 e. The molecule has 3 aromatic heterocycles. The van der Waals surface area contributed by atoms with Gasteiger partial charge in [0.05, 0.1) is 12.2 Å². The Morgan fingerprint density at radius 1 is 1.14 bits per heavy atom. The third kappa shape index (κ3) is 3.62. The Kier molecular flexibility index (Phi) is 5.09. The summed E-state index contributed by atoms with van der Waals surface area (Å²) in [6.07, 6.45) is 0. The van der Waals surface area contributed by atoms with Gasteiger partial charge in [-0.1, -0.05) is 0 Å². The molecule has 0 saturated heterocycles. The van der Waals surface area contributed by atoms with Gasteiger partial charge in [-0.25, -0.2) is 19.2 Å². The molecule has 3 heterocycles. The van der Waals surface area contributed by atoms with Crippen LogP contribution < -0.4 is 16.0 Å². The van der Waals surface area contributed by atoms with Gasteiger partial charge >= 0.3 is 5.69 Å². The molecule has 0 saturated carbocycles. The van der Waals surface area contributed by atoms with Gasteiger partial charge in [-0.05, 0) is 40.2 Å². The summed E-state index contributed by atoms with van der Waals surface area (Å²) in [6, 6.07) is 5.77. The van der Waals surface area contributed by atoms with E-state index >= 15 is 0 Å². The summed E-state index contributed by atoms with van der Waals surface area (Å²) < 4.78 is 23.1. The number of hydrogen-bond donors (Lipinski definition) is 0. The van der Waals surface area contributed by atoms with Crippen molar-refractivity contribution in [3.63, 3.8) is 0 Å². The van der Waals surface area contributed by atoms with Gasteiger partial charge in [-0.2, -0.15) is 0 Å². The molecule has 11 heteroatoms. The van der Waals surface area contributed by atoms with Crippen LogP contribution >= 0.6 is 27.3 Å². The van der Waals surface area contributed by atoms with E-state index in [-0.39, 0.29) is 17.9 Å². The zero-order valence-corrected chi connectivity index (χ0v) is 17.8. The Hall–Kier alpha value is -2.79. The van der Waals surface area contributed by atoms with Crippen molar-refractivity contribution in [1.82, 2.24) is 23.7 Å². The van der Waals surface area contributed by atoms with Crippen molar-refractivity contribution in [2.45, 2.75) is 13.2 Å². The molecule has 0 aliphatic carbocycles. The lowest BCUT2D eigenvalue weighted by molar-refractivity contribution is 0.305. The molecule has 0 unspecified atom stereocenters. The fraction of sp³-hybridized carbons (Fsp3) is 0.222. The van der Waals surface area contributed by atoms with Crippen molar-refractivity contribution < 1.29 is 9.13 Å². The van der Waals surface area contributed by atoms with E-state index < -0.39 is 11.2 Å². The Bertz CT molecular complexity index is 1320. The Labute approximate surface area is 176 Å². The minimum Gasteiger partial charge on any atom is -0.486 e. The van der Waals surface area contributed by atoms with E-state index in [1.54, 1.807) is 23.7 Å². The number of halogens is 2. The maximum absolute atomic E-state index is 13.0. The van der Waals surface area contributed by atoms with Crippen LogP contribution in [0.2, 0.25) is 0 Å². The van der Waals surface area contributed by atoms with Crippen LogP contribution in [0.25, 0.3) is 11.2 Å². The molecule has 1 aromatic carbocycles. The fourth-order valence-corrected chi connectivity index (χ4v) is 4.10. The van der Waals surface area contributed by atoms with E-state index in [0.717, 1.165) is 15.3 Å². The molecule has 0 atom stereocenters. The van der Waals surface area contributed by atoms with E-state index in [9.17, 15) is 14.0 Å². The van der Waals surface area contributed by atoms with Crippen LogP contribution in [-0.2, 0) is 27.2 Å². The number of nitrogens with zero attached hydrogens (tertiary/aromatic N) is 5. The van der Waals surface area contributed by atoms with Gasteiger partial charge in [-0.3, -0.25) is 18.5 Å². The quantitative estimate of drug-likeness (QED) is 0.410. The second kappa shape index (κ2) is 7.56. The van der Waals surface area contributed by atoms with Gasteiger partial charge in [0.25, 0.3) is 5.56 Å². The molecule has 0 aliphatic heterocycles. The summed E-state index contributed by atoms with van der Waals surface area (Å²) in [5.74, 6) is 0.230. The van der Waals surface area contributed by atoms with Gasteiger partial charge in [0.1, 0.15) is 23.2 Å². The predicted octanol–water partition coefficient (Wildman–Crippen LogP) is 2.42. The Morgan fingerprint density at radius 2 is 1.86 bits per heavy atom. The average molecular weight is 480 g/mol. The van der Waals surface area contributed by atoms with Crippen LogP contribution in [0.3, 0.4) is 0 Å². The molecule has 150 valence electrons. The molecule has 0 aliphatic rings. The Balaban J connectivity index is 1.60. The van der Waals surface area contributed by atoms with E-state index in [1.807, 2.05) is 5.38 Å². The number of aryl methyl sites for hydroxylation is 1. The number of imidazole rings is 1. The highest BCUT2D eigenvalue weighted by atomic mass is 79.9. The first-order valence-electron chi connectivity index (χ1n) is 8.48. The monoisotopic (exact) mass is 479 g/mol. The van der Waals surface area contributed by atoms with E-state index in [2.05, 4.69) is 25.9 Å². The van der Waals surface area contributed by atoms with Gasteiger partial charge in [0.15, 0.2) is 15.9 Å². The van der Waals surface area contributed by atoms with Gasteiger partial charge in [0, 0.05) is 19.5 Å². The number of rotatable bonds is 5. The number of aromatic nitrogens is 5. The van der Waals surface area contributed by atoms with Crippen LogP contribution in [0, 0.1) is 5.82 Å². The standard InChI is InChI=1S/C18H15BrFN5O3S/c1-23-15-14(16(26)24(2)18(23)27)22-17(19)25(15)7-11-9-29-13(21-11)8-28-12-5-3-10(20)4-6-12/h3-6,9H,7-8H2,1-2H3. The highest BCUT2D eigenvalue weighted by Crippen LogP contribution is 2.21. The highest BCUT2D eigenvalue weighted by Gasteiger charge is 2.18. The second-order valence-electron chi connectivity index (χ2n) is 6.32. The van der Waals surface area contributed by atoms with Gasteiger partial charge in [-0.15, -0.1) is 11.3 Å². The summed E-state index contributed by atoms with van der Waals surface area (Å²) in [4.78, 5) is 33.4. The van der Waals surface area contributed by atoms with Gasteiger partial charge in [0.2, 0.25) is 0 Å². The zero-order chi connectivity index (χ0) is 20.7. The molecular formula is C18H15BrFN5O3S. The van der Waals surface area contributed by atoms with E-state index in [4.69, 9.17) is 4.74 Å². The van der Waals surface area contributed by atoms with Crippen molar-refractivity contribution in [3.05, 3.63) is 71.7 Å². The van der Waals surface area contributed by atoms with E-state index in [1.165, 1.54) is 35.1 Å². The van der Waals surface area contributed by atoms with Crippen LogP contribution in [0.15, 0.2) is 44.0 Å². The fourth-order valence-electron chi connectivity index (χ4n) is 2.93. The van der Waals surface area contributed by atoms with Crippen LogP contribution in [0.1, 0.15) is 10.7 Å². The lowest BCUT2D eigenvalue weighted by atomic mass is 10.3. The number of ether oxygens (including phenoxy) is 1. The zero-order valence-electron chi connectivity index (χ0n) is 15.4. The Morgan fingerprint density at radius 3 is 2.59 bits per heavy atom. The number of thiazole rings is 1. The summed E-state index contributed by atoms with van der Waals surface area (Å²) >= 11 is 4.79. The first kappa shape index (κ1) is 19.5. The van der Waals surface area contributed by atoms with Gasteiger partial charge < -0.3 is 4.74 Å². The topological polar surface area (TPSA) is 83.9 Å². The summed E-state index contributed by atoms with van der Waals surface area (Å²) in [6.45, 7) is 0.575. The molecule has 29 heavy (non-hydrogen) atoms. The van der Waals surface area contributed by atoms with Crippen molar-refractivity contribution in [1.29, 1.82) is 0 Å². The number of fused-ring (bicyclic) bond motifs is 1. The van der Waals surface area contributed by atoms with Crippen LogP contribution in [0.5, 0.6) is 5.75 Å². The molecule has 4 aromatic rings. The first-order valence-corrected chi connectivity index (χ1v) is 10.2. The molecule has 0 spiro atoms. The normalized spacial score (nSPS) is 11.3. The molecule has 0 amide bonds. The second-order valence-corrected chi connectivity index (χ2v) is 7.97. The molecular weight excluding hydrogens is 465 g/mol. The minimum atomic E-state index is -0.450. The predicted molar refractivity (Wildman–Crippen MR) is 110 cm³/mol. The molecule has 4 rings (SSSR count). The third-order valence-corrected chi connectivity index (χ3v) is 5.86. The molecule has 0 bridgehead atoms. The summed E-state index contributed by atoms with van der Waals surface area (Å²) in [7, 11) is 3.02. The number of benzene rings is 1. The first-order chi connectivity index (χ1) is 13.8. The van der Waals surface area contributed by atoms with Crippen molar-refractivity contribution >= 4 is 38.4 Å². The van der Waals surface area contributed by atoms with Crippen molar-refractivity contribution in [2.24, 2.45) is 14.1 Å². The summed E-state index contributed by atoms with van der Waals surface area (Å²) in [5, 5.41) is 2.62. The minimum absolute atomic E-state index is 0.205. The SMILES string of the molecule is Cn1c(=O)c2nc(Br)n(Cc3csc(COc4ccc(F)cc4)n3)c2n(C)c1=O. The highest BCUT2D eigenvalue weighted by molar-refractivity contribution is 9.10. The lowest BCUT2D eigenvalue weighted by Crippen LogP contribution is -2.37. The lowest BCUT2D eigenvalue weighted by Gasteiger charge is -2.08. The molecule has 0 radical (unpaired) electrons. The molecule has 8 nitrogen and oxygen atoms in total. The smallest absolute Gasteiger partial charge is 0.332 e. The third-order valence-electron chi connectivity index (χ3n) is 4.39. The maximum Gasteiger partial charge on any atom is 0.332 e.